The lowest BCUT2D eigenvalue weighted by molar-refractivity contribution is -0.113. The van der Waals surface area contributed by atoms with Crippen molar-refractivity contribution in [3.05, 3.63) is 65.3 Å². The fraction of sp³-hybridized carbons (Fsp3) is 0.0556. The van der Waals surface area contributed by atoms with E-state index in [0.717, 1.165) is 11.3 Å². The summed E-state index contributed by atoms with van der Waals surface area (Å²) in [5.41, 5.74) is 2.70. The summed E-state index contributed by atoms with van der Waals surface area (Å²) in [4.78, 5) is 19.6. The molecule has 1 aromatic heterocycles. The number of hydrogen-bond donors (Lipinski definition) is 2. The van der Waals surface area contributed by atoms with Crippen LogP contribution in [0.2, 0.25) is 5.02 Å². The van der Waals surface area contributed by atoms with Gasteiger partial charge in [0, 0.05) is 5.02 Å². The van der Waals surface area contributed by atoms with Gasteiger partial charge in [-0.05, 0) is 23.8 Å². The van der Waals surface area contributed by atoms with Gasteiger partial charge in [-0.25, -0.2) is 4.98 Å². The Bertz CT molecular complexity index is 934. The zero-order chi connectivity index (χ0) is 17.6. The van der Waals surface area contributed by atoms with Gasteiger partial charge >= 0.3 is 0 Å². The molecule has 0 aliphatic rings. The number of aromatic nitrogens is 2. The molecule has 0 saturated heterocycles. The van der Waals surface area contributed by atoms with Gasteiger partial charge < -0.3 is 10.3 Å². The Morgan fingerprint density at radius 1 is 1.28 bits per heavy atom. The molecule has 0 bridgehead atoms. The fourth-order valence-corrected chi connectivity index (χ4v) is 3.00. The Morgan fingerprint density at radius 3 is 2.84 bits per heavy atom. The number of benzene rings is 2. The van der Waals surface area contributed by atoms with Gasteiger partial charge in [-0.3, -0.25) is 4.79 Å². The highest BCUT2D eigenvalue weighted by Crippen LogP contribution is 2.23. The van der Waals surface area contributed by atoms with Gasteiger partial charge in [0.25, 0.3) is 0 Å². The number of anilines is 1. The molecule has 0 radical (unpaired) electrons. The second kappa shape index (κ2) is 7.88. The van der Waals surface area contributed by atoms with Crippen molar-refractivity contribution >= 4 is 35.0 Å². The highest BCUT2D eigenvalue weighted by Gasteiger charge is 2.10. The lowest BCUT2D eigenvalue weighted by Crippen LogP contribution is -2.15. The van der Waals surface area contributed by atoms with Crippen molar-refractivity contribution in [1.82, 2.24) is 9.97 Å². The highest BCUT2D eigenvalue weighted by atomic mass is 35.5. The molecule has 124 valence electrons. The number of rotatable bonds is 5. The molecule has 0 spiro atoms. The highest BCUT2D eigenvalue weighted by molar-refractivity contribution is 7.99. The van der Waals surface area contributed by atoms with Crippen LogP contribution in [0.3, 0.4) is 0 Å². The third kappa shape index (κ3) is 4.41. The van der Waals surface area contributed by atoms with Crippen LogP contribution >= 0.6 is 23.4 Å². The van der Waals surface area contributed by atoms with E-state index in [2.05, 4.69) is 15.3 Å². The van der Waals surface area contributed by atoms with Crippen LogP contribution in [0.1, 0.15) is 5.56 Å². The van der Waals surface area contributed by atoms with E-state index in [9.17, 15) is 4.79 Å². The Morgan fingerprint density at radius 2 is 2.08 bits per heavy atom. The molecule has 0 fully saturated rings. The Hall–Kier alpha value is -2.75. The third-order valence-corrected chi connectivity index (χ3v) is 4.48. The molecule has 5 nitrogen and oxygen atoms in total. The van der Waals surface area contributed by atoms with Crippen molar-refractivity contribution in [2.75, 3.05) is 11.1 Å². The molecule has 1 amide bonds. The first-order chi connectivity index (χ1) is 12.2. The number of nitriles is 1. The lowest BCUT2D eigenvalue weighted by Gasteiger charge is -2.06. The summed E-state index contributed by atoms with van der Waals surface area (Å²) in [6, 6.07) is 16.6. The third-order valence-electron chi connectivity index (χ3n) is 3.35. The van der Waals surface area contributed by atoms with Crippen molar-refractivity contribution in [1.29, 1.82) is 5.26 Å². The molecular weight excluding hydrogens is 356 g/mol. The first-order valence-electron chi connectivity index (χ1n) is 7.38. The number of carbonyl (C=O) groups excluding carboxylic acids is 1. The van der Waals surface area contributed by atoms with Gasteiger partial charge in [0.2, 0.25) is 5.91 Å². The monoisotopic (exact) mass is 368 g/mol. The topological polar surface area (TPSA) is 81.6 Å². The first kappa shape index (κ1) is 17.1. The molecule has 7 heteroatoms. The minimum Gasteiger partial charge on any atom is -0.333 e. The van der Waals surface area contributed by atoms with Crippen LogP contribution in [0.25, 0.3) is 11.3 Å². The number of amides is 1. The van der Waals surface area contributed by atoms with E-state index in [-0.39, 0.29) is 11.7 Å². The number of halogens is 1. The zero-order valence-electron chi connectivity index (χ0n) is 13.0. The fourth-order valence-electron chi connectivity index (χ4n) is 2.18. The molecule has 0 saturated carbocycles. The molecule has 1 heterocycles. The van der Waals surface area contributed by atoms with Crippen LogP contribution in [-0.4, -0.2) is 21.6 Å². The summed E-state index contributed by atoms with van der Waals surface area (Å²) in [7, 11) is 0. The first-order valence-corrected chi connectivity index (χ1v) is 8.75. The van der Waals surface area contributed by atoms with Crippen molar-refractivity contribution < 1.29 is 4.79 Å². The number of thioether (sulfide) groups is 1. The maximum Gasteiger partial charge on any atom is 0.234 e. The molecule has 3 aromatic rings. The van der Waals surface area contributed by atoms with E-state index < -0.39 is 0 Å². The summed E-state index contributed by atoms with van der Waals surface area (Å²) >= 11 is 7.20. The predicted octanol–water partition coefficient (Wildman–Crippen LogP) is 4.33. The Kier molecular flexibility index (Phi) is 5.39. The molecule has 0 aliphatic carbocycles. The molecule has 25 heavy (non-hydrogen) atoms. The maximum atomic E-state index is 12.1. The summed E-state index contributed by atoms with van der Waals surface area (Å²) in [5, 5.41) is 12.9. The van der Waals surface area contributed by atoms with Crippen molar-refractivity contribution in [2.45, 2.75) is 5.16 Å². The van der Waals surface area contributed by atoms with Crippen molar-refractivity contribution in [2.24, 2.45) is 0 Å². The van der Waals surface area contributed by atoms with E-state index >= 15 is 0 Å². The number of imidazole rings is 1. The molecule has 3 rings (SSSR count). The van der Waals surface area contributed by atoms with Crippen LogP contribution in [-0.2, 0) is 4.79 Å². The number of H-pyrrole nitrogens is 1. The van der Waals surface area contributed by atoms with Gasteiger partial charge in [-0.1, -0.05) is 53.7 Å². The number of hydrogen-bond acceptors (Lipinski definition) is 4. The second-order valence-corrected chi connectivity index (χ2v) is 6.51. The minimum atomic E-state index is -0.235. The number of carbonyl (C=O) groups is 1. The minimum absolute atomic E-state index is 0.166. The SMILES string of the molecule is N#Cc1ccc(Cl)cc1NC(=O)CSc1ncc(-c2ccccc2)[nH]1. The summed E-state index contributed by atoms with van der Waals surface area (Å²) in [6.07, 6.45) is 1.74. The average Bonchev–Trinajstić information content (AvgIpc) is 3.10. The Balaban J connectivity index is 1.61. The molecule has 0 atom stereocenters. The van der Waals surface area contributed by atoms with Gasteiger partial charge in [0.05, 0.1) is 28.9 Å². The normalized spacial score (nSPS) is 10.2. The van der Waals surface area contributed by atoms with E-state index in [4.69, 9.17) is 16.9 Å². The molecule has 0 unspecified atom stereocenters. The van der Waals surface area contributed by atoms with Crippen LogP contribution in [0.15, 0.2) is 59.9 Å². The Labute approximate surface area is 154 Å². The van der Waals surface area contributed by atoms with Crippen LogP contribution < -0.4 is 5.32 Å². The van der Waals surface area contributed by atoms with E-state index in [1.54, 1.807) is 24.4 Å². The number of nitrogens with zero attached hydrogens (tertiary/aromatic N) is 2. The predicted molar refractivity (Wildman–Crippen MR) is 99.5 cm³/mol. The van der Waals surface area contributed by atoms with Crippen LogP contribution in [0, 0.1) is 11.3 Å². The molecular formula is C18H13ClN4OS. The summed E-state index contributed by atoms with van der Waals surface area (Å²) < 4.78 is 0. The van der Waals surface area contributed by atoms with Crippen LogP contribution in [0.5, 0.6) is 0 Å². The van der Waals surface area contributed by atoms with Crippen LogP contribution in [0.4, 0.5) is 5.69 Å². The number of nitrogens with one attached hydrogen (secondary N) is 2. The number of aromatic amines is 1. The van der Waals surface area contributed by atoms with Gasteiger partial charge in [0.1, 0.15) is 6.07 Å². The second-order valence-electron chi connectivity index (χ2n) is 5.11. The standard InChI is InChI=1S/C18H13ClN4OS/c19-14-7-6-13(9-20)15(8-14)22-17(24)11-25-18-21-10-16(23-18)12-4-2-1-3-5-12/h1-8,10H,11H2,(H,21,23)(H,22,24). The molecule has 2 N–H and O–H groups in total. The largest absolute Gasteiger partial charge is 0.333 e. The lowest BCUT2D eigenvalue weighted by atomic mass is 10.2. The summed E-state index contributed by atoms with van der Waals surface area (Å²) in [6.45, 7) is 0. The average molecular weight is 369 g/mol. The van der Waals surface area contributed by atoms with E-state index in [0.29, 0.717) is 21.4 Å². The van der Waals surface area contributed by atoms with Gasteiger partial charge in [-0.15, -0.1) is 0 Å². The quantitative estimate of drug-likeness (QED) is 0.656. The van der Waals surface area contributed by atoms with E-state index in [1.165, 1.54) is 11.8 Å². The van der Waals surface area contributed by atoms with E-state index in [1.807, 2.05) is 36.4 Å². The van der Waals surface area contributed by atoms with Gasteiger partial charge in [-0.2, -0.15) is 5.26 Å². The molecule has 2 aromatic carbocycles. The van der Waals surface area contributed by atoms with Crippen molar-refractivity contribution in [3.63, 3.8) is 0 Å². The zero-order valence-corrected chi connectivity index (χ0v) is 14.6. The maximum absolute atomic E-state index is 12.1. The summed E-state index contributed by atoms with van der Waals surface area (Å²) in [5.74, 6) is -0.0690. The van der Waals surface area contributed by atoms with Crippen molar-refractivity contribution in [3.8, 4) is 17.3 Å². The molecule has 0 aliphatic heterocycles. The smallest absolute Gasteiger partial charge is 0.234 e. The van der Waals surface area contributed by atoms with Gasteiger partial charge in [0.15, 0.2) is 5.16 Å².